The first-order valence-corrected chi connectivity index (χ1v) is 10.7. The zero-order valence-electron chi connectivity index (χ0n) is 19.1. The summed E-state index contributed by atoms with van der Waals surface area (Å²) in [6.07, 6.45) is -5.26. The average Bonchev–Trinajstić information content (AvgIpc) is 3.04. The number of ether oxygens (including phenoxy) is 4. The lowest BCUT2D eigenvalue weighted by atomic mass is 10.0. The molecule has 1 fully saturated rings. The van der Waals surface area contributed by atoms with Gasteiger partial charge in [-0.2, -0.15) is 0 Å². The zero-order chi connectivity index (χ0) is 26.7. The molecule has 0 saturated carbocycles. The third-order valence-electron chi connectivity index (χ3n) is 4.97. The van der Waals surface area contributed by atoms with Crippen LogP contribution in [0.1, 0.15) is 27.0 Å². The quantitative estimate of drug-likeness (QED) is 0.139. The number of nitro groups is 1. The van der Waals surface area contributed by atoms with E-state index < -0.39 is 53.3 Å². The fourth-order valence-electron chi connectivity index (χ4n) is 3.79. The Bertz CT molecular complexity index is 1280. The molecular formula is C20H21N5O10S. The van der Waals surface area contributed by atoms with E-state index in [2.05, 4.69) is 22.4 Å². The van der Waals surface area contributed by atoms with Crippen LogP contribution in [0.25, 0.3) is 10.9 Å². The van der Waals surface area contributed by atoms with Crippen molar-refractivity contribution in [3.63, 3.8) is 0 Å². The number of hydrogen-bond donors (Lipinski definition) is 2. The van der Waals surface area contributed by atoms with Crippen LogP contribution in [0.5, 0.6) is 5.88 Å². The van der Waals surface area contributed by atoms with Gasteiger partial charge in [-0.3, -0.25) is 29.1 Å². The molecule has 1 saturated heterocycles. The number of aromatic nitrogens is 1. The second-order valence-electron chi connectivity index (χ2n) is 7.56. The van der Waals surface area contributed by atoms with E-state index in [-0.39, 0.29) is 34.0 Å². The van der Waals surface area contributed by atoms with Crippen molar-refractivity contribution < 1.29 is 43.4 Å². The minimum Gasteiger partial charge on any atom is -0.493 e. The Kier molecular flexibility index (Phi) is 7.79. The topological polar surface area (TPSA) is 207 Å². The predicted molar refractivity (Wildman–Crippen MR) is 123 cm³/mol. The lowest BCUT2D eigenvalue weighted by Gasteiger charge is -2.41. The number of azo groups is 1. The van der Waals surface area contributed by atoms with Gasteiger partial charge in [-0.05, 0) is 18.3 Å². The Hall–Kier alpha value is -4.18. The minimum absolute atomic E-state index is 0.0676. The monoisotopic (exact) mass is 523 g/mol. The number of aromatic hydroxyl groups is 1. The lowest BCUT2D eigenvalue weighted by molar-refractivity contribution is -0.384. The number of non-ortho nitro benzene ring substituents is 1. The van der Waals surface area contributed by atoms with Gasteiger partial charge in [0, 0.05) is 38.3 Å². The minimum atomic E-state index is -1.43. The molecule has 3 rings (SSSR count). The van der Waals surface area contributed by atoms with Crippen molar-refractivity contribution in [3.8, 4) is 5.88 Å². The smallest absolute Gasteiger partial charge is 0.303 e. The van der Waals surface area contributed by atoms with Gasteiger partial charge in [-0.25, -0.2) is 0 Å². The summed E-state index contributed by atoms with van der Waals surface area (Å²) in [6.45, 7) is 3.01. The first-order chi connectivity index (χ1) is 16.9. The summed E-state index contributed by atoms with van der Waals surface area (Å²) in [5.74, 6) is -2.87. The maximum absolute atomic E-state index is 12.0. The molecule has 0 amide bonds. The van der Waals surface area contributed by atoms with Crippen LogP contribution >= 0.6 is 12.2 Å². The molecule has 1 aromatic carbocycles. The van der Waals surface area contributed by atoms with Crippen molar-refractivity contribution in [1.29, 1.82) is 0 Å². The molecule has 0 spiro atoms. The highest BCUT2D eigenvalue weighted by atomic mass is 32.1. The highest BCUT2D eigenvalue weighted by Crippen LogP contribution is 2.45. The van der Waals surface area contributed by atoms with Crippen LogP contribution < -0.4 is 5.73 Å². The molecule has 2 aromatic rings. The van der Waals surface area contributed by atoms with E-state index in [1.807, 2.05) is 0 Å². The number of nitro benzene ring substituents is 1. The number of thiocarbonyl (C=S) groups is 1. The summed E-state index contributed by atoms with van der Waals surface area (Å²) in [7, 11) is 0. The van der Waals surface area contributed by atoms with Gasteiger partial charge in [0.1, 0.15) is 0 Å². The highest BCUT2D eigenvalue weighted by Gasteiger charge is 2.49. The largest absolute Gasteiger partial charge is 0.493 e. The lowest BCUT2D eigenvalue weighted by Crippen LogP contribution is -2.55. The van der Waals surface area contributed by atoms with Gasteiger partial charge in [0.05, 0.1) is 17.0 Å². The standard InChI is InChI=1S/C20H21N5O10S/c1-8(26)33-14-7-32-19(17(35-10(3)28)16(14)34-9(2)27)24-13-5-4-11(25(30)31)6-12(13)15(18(24)29)22-23-20(21)36/h4-6,14,16-17,19,29H,7H2,1-3H3,(H2,21,36)/t14-,16-,17+,19+/m0/s1. The molecule has 1 aliphatic heterocycles. The molecule has 4 atom stereocenters. The van der Waals surface area contributed by atoms with Crippen molar-refractivity contribution in [1.82, 2.24) is 4.57 Å². The van der Waals surface area contributed by atoms with Gasteiger partial charge in [-0.15, -0.1) is 10.2 Å². The van der Waals surface area contributed by atoms with E-state index in [0.717, 1.165) is 31.4 Å². The van der Waals surface area contributed by atoms with Crippen LogP contribution in [-0.2, 0) is 33.3 Å². The van der Waals surface area contributed by atoms with Crippen molar-refractivity contribution >= 4 is 57.5 Å². The Balaban J connectivity index is 2.24. The summed E-state index contributed by atoms with van der Waals surface area (Å²) >= 11 is 4.68. The fourth-order valence-corrected chi connectivity index (χ4v) is 3.83. The van der Waals surface area contributed by atoms with E-state index in [0.29, 0.717) is 0 Å². The van der Waals surface area contributed by atoms with Gasteiger partial charge in [0.15, 0.2) is 30.2 Å². The number of esters is 3. The van der Waals surface area contributed by atoms with Crippen molar-refractivity contribution in [2.24, 2.45) is 16.0 Å². The summed E-state index contributed by atoms with van der Waals surface area (Å²) in [5.41, 5.74) is 4.96. The number of nitrogens with two attached hydrogens (primary N) is 1. The fraction of sp³-hybridized carbons (Fsp3) is 0.400. The van der Waals surface area contributed by atoms with E-state index in [4.69, 9.17) is 24.7 Å². The molecule has 0 aliphatic carbocycles. The van der Waals surface area contributed by atoms with E-state index in [1.54, 1.807) is 0 Å². The third-order valence-corrected chi connectivity index (χ3v) is 5.05. The van der Waals surface area contributed by atoms with Crippen LogP contribution in [0, 0.1) is 10.1 Å². The molecule has 1 aromatic heterocycles. The van der Waals surface area contributed by atoms with E-state index >= 15 is 0 Å². The van der Waals surface area contributed by atoms with Crippen molar-refractivity contribution in [2.75, 3.05) is 6.61 Å². The van der Waals surface area contributed by atoms with Crippen LogP contribution in [-0.4, -0.2) is 62.5 Å². The summed E-state index contributed by atoms with van der Waals surface area (Å²) in [5, 5.41) is 29.5. The maximum atomic E-state index is 12.0. The predicted octanol–water partition coefficient (Wildman–Crippen LogP) is 1.91. The molecular weight excluding hydrogens is 502 g/mol. The Morgan fingerprint density at radius 3 is 2.33 bits per heavy atom. The van der Waals surface area contributed by atoms with E-state index in [1.165, 1.54) is 12.1 Å². The van der Waals surface area contributed by atoms with Gasteiger partial charge in [0.25, 0.3) is 5.69 Å². The highest BCUT2D eigenvalue weighted by molar-refractivity contribution is 7.80. The van der Waals surface area contributed by atoms with Crippen LogP contribution in [0.15, 0.2) is 28.4 Å². The van der Waals surface area contributed by atoms with Crippen molar-refractivity contribution in [2.45, 2.75) is 45.3 Å². The molecule has 2 heterocycles. The SMILES string of the molecule is CC(=O)O[C@@H]1[C@@H](OC(C)=O)[C@H](n2c(O)c(N=NC(N)=S)c3cc([N+](=O)[O-])ccc32)OC[C@@H]1OC(C)=O. The van der Waals surface area contributed by atoms with Crippen LogP contribution in [0.2, 0.25) is 0 Å². The normalized spacial score (nSPS) is 21.8. The third kappa shape index (κ3) is 5.55. The van der Waals surface area contributed by atoms with Gasteiger partial charge < -0.3 is 29.8 Å². The molecule has 1 aliphatic rings. The molecule has 3 N–H and O–H groups in total. The average molecular weight is 523 g/mol. The number of carbonyl (C=O) groups is 3. The first-order valence-electron chi connectivity index (χ1n) is 10.3. The first kappa shape index (κ1) is 26.4. The Labute approximate surface area is 207 Å². The summed E-state index contributed by atoms with van der Waals surface area (Å²) in [4.78, 5) is 46.1. The summed E-state index contributed by atoms with van der Waals surface area (Å²) in [6, 6.07) is 3.61. The Morgan fingerprint density at radius 1 is 1.17 bits per heavy atom. The maximum Gasteiger partial charge on any atom is 0.303 e. The van der Waals surface area contributed by atoms with Crippen LogP contribution in [0.3, 0.4) is 0 Å². The summed E-state index contributed by atoms with van der Waals surface area (Å²) < 4.78 is 22.8. The molecule has 36 heavy (non-hydrogen) atoms. The number of nitrogens with zero attached hydrogens (tertiary/aromatic N) is 4. The van der Waals surface area contributed by atoms with Crippen LogP contribution in [0.4, 0.5) is 11.4 Å². The molecule has 16 heteroatoms. The van der Waals surface area contributed by atoms with Gasteiger partial charge in [-0.1, -0.05) is 0 Å². The van der Waals surface area contributed by atoms with Crippen molar-refractivity contribution in [3.05, 3.63) is 28.3 Å². The van der Waals surface area contributed by atoms with Gasteiger partial charge >= 0.3 is 17.9 Å². The van der Waals surface area contributed by atoms with E-state index in [9.17, 15) is 29.6 Å². The molecule has 0 unspecified atom stereocenters. The number of hydrogen-bond acceptors (Lipinski definition) is 12. The second-order valence-corrected chi connectivity index (χ2v) is 7.98. The number of carbonyl (C=O) groups excluding carboxylic acids is 3. The molecule has 0 bridgehead atoms. The molecule has 192 valence electrons. The number of rotatable bonds is 6. The zero-order valence-corrected chi connectivity index (χ0v) is 20.0. The molecule has 0 radical (unpaired) electrons. The molecule has 15 nitrogen and oxygen atoms in total. The second kappa shape index (κ2) is 10.6. The number of fused-ring (bicyclic) bond motifs is 1. The Morgan fingerprint density at radius 2 is 1.78 bits per heavy atom. The van der Waals surface area contributed by atoms with Gasteiger partial charge in [0.2, 0.25) is 11.0 Å². The number of benzene rings is 1.